The van der Waals surface area contributed by atoms with E-state index in [1.807, 2.05) is 13.8 Å². The maximum absolute atomic E-state index is 11.0. The van der Waals surface area contributed by atoms with Gasteiger partial charge in [0, 0.05) is 6.21 Å². The zero-order valence-electron chi connectivity index (χ0n) is 13.1. The molecule has 1 heterocycles. The first-order valence-electron chi connectivity index (χ1n) is 6.39. The second-order valence-corrected chi connectivity index (χ2v) is 7.58. The molecule has 1 unspecified atom stereocenters. The molecule has 0 aliphatic rings. The summed E-state index contributed by atoms with van der Waals surface area (Å²) in [7, 11) is -0.353. The molecule has 1 aromatic heterocycles. The lowest BCUT2D eigenvalue weighted by molar-refractivity contribution is 0.364. The maximum atomic E-state index is 11.0. The number of hydrazone groups is 1. The van der Waals surface area contributed by atoms with Crippen molar-refractivity contribution in [2.24, 2.45) is 11.0 Å². The van der Waals surface area contributed by atoms with Crippen molar-refractivity contribution in [3.8, 4) is 11.8 Å². The fourth-order valence-corrected chi connectivity index (χ4v) is 2.48. The number of nitrogens with zero attached hydrogens (tertiary/aromatic N) is 3. The Morgan fingerprint density at radius 1 is 1.27 bits per heavy atom. The topological polar surface area (TPSA) is 103 Å². The second kappa shape index (κ2) is 8.18. The lowest BCUT2D eigenvalue weighted by Gasteiger charge is -2.15. The summed E-state index contributed by atoms with van der Waals surface area (Å²) >= 11 is 1.34. The third-order valence-corrected chi connectivity index (χ3v) is 4.18. The van der Waals surface area contributed by atoms with Gasteiger partial charge in [0.1, 0.15) is 0 Å². The van der Waals surface area contributed by atoms with Crippen LogP contribution in [0, 0.1) is 5.92 Å². The number of rotatable bonds is 8. The molecule has 1 N–H and O–H groups in total. The molecular formula is C12H20N4O4S2. The number of aromatic nitrogens is 2. The van der Waals surface area contributed by atoms with Crippen LogP contribution in [0.3, 0.4) is 0 Å². The zero-order valence-corrected chi connectivity index (χ0v) is 14.7. The fourth-order valence-electron chi connectivity index (χ4n) is 1.31. The number of ether oxygens (including phenoxy) is 2. The molecule has 0 aromatic carbocycles. The van der Waals surface area contributed by atoms with Crippen LogP contribution in [0.2, 0.25) is 0 Å². The Kier molecular flexibility index (Phi) is 6.88. The zero-order chi connectivity index (χ0) is 16.8. The molecule has 1 aromatic rings. The van der Waals surface area contributed by atoms with Gasteiger partial charge in [-0.1, -0.05) is 25.6 Å². The van der Waals surface area contributed by atoms with Crippen LogP contribution in [0.25, 0.3) is 0 Å². The van der Waals surface area contributed by atoms with E-state index in [1.165, 1.54) is 32.2 Å². The molecular weight excluding hydrogens is 328 g/mol. The van der Waals surface area contributed by atoms with E-state index < -0.39 is 10.0 Å². The molecule has 8 nitrogen and oxygen atoms in total. The first-order chi connectivity index (χ1) is 10.2. The number of sulfonamides is 1. The third kappa shape index (κ3) is 6.48. The molecule has 0 saturated heterocycles. The van der Waals surface area contributed by atoms with E-state index in [0.717, 1.165) is 6.26 Å². The molecule has 0 amide bonds. The highest BCUT2D eigenvalue weighted by Gasteiger charge is 2.16. The van der Waals surface area contributed by atoms with Crippen LogP contribution >= 0.6 is 11.8 Å². The van der Waals surface area contributed by atoms with Gasteiger partial charge in [-0.15, -0.1) is 0 Å². The summed E-state index contributed by atoms with van der Waals surface area (Å²) in [5, 5.41) is 4.08. The summed E-state index contributed by atoms with van der Waals surface area (Å²) in [4.78, 5) is 10.5. The van der Waals surface area contributed by atoms with Gasteiger partial charge in [0.15, 0.2) is 5.16 Å². The summed E-state index contributed by atoms with van der Waals surface area (Å²) in [5.74, 6) is 0.974. The molecule has 1 rings (SSSR count). The van der Waals surface area contributed by atoms with Gasteiger partial charge in [-0.25, -0.2) is 13.2 Å². The Morgan fingerprint density at radius 3 is 2.23 bits per heavy atom. The quantitative estimate of drug-likeness (QED) is 0.325. The summed E-state index contributed by atoms with van der Waals surface area (Å²) in [6, 6.07) is 1.58. The number of hydrogen-bond acceptors (Lipinski definition) is 8. The average molecular weight is 348 g/mol. The molecule has 0 aliphatic heterocycles. The van der Waals surface area contributed by atoms with Crippen molar-refractivity contribution in [3.63, 3.8) is 0 Å². The molecule has 0 saturated carbocycles. The predicted molar refractivity (Wildman–Crippen MR) is 86.1 cm³/mol. The molecule has 10 heteroatoms. The highest BCUT2D eigenvalue weighted by atomic mass is 32.2. The molecule has 0 aliphatic carbocycles. The van der Waals surface area contributed by atoms with E-state index in [0.29, 0.717) is 16.9 Å². The van der Waals surface area contributed by atoms with E-state index in [-0.39, 0.29) is 11.2 Å². The Balaban J connectivity index is 2.91. The van der Waals surface area contributed by atoms with Crippen molar-refractivity contribution in [1.82, 2.24) is 14.8 Å². The van der Waals surface area contributed by atoms with Crippen molar-refractivity contribution >= 4 is 28.0 Å². The minimum atomic E-state index is -3.37. The van der Waals surface area contributed by atoms with E-state index in [9.17, 15) is 8.42 Å². The summed E-state index contributed by atoms with van der Waals surface area (Å²) in [6.45, 7) is 3.98. The van der Waals surface area contributed by atoms with Crippen molar-refractivity contribution in [2.45, 2.75) is 24.3 Å². The Bertz CT molecular complexity index is 597. The second-order valence-electron chi connectivity index (χ2n) is 4.70. The van der Waals surface area contributed by atoms with Gasteiger partial charge in [0.25, 0.3) is 0 Å². The van der Waals surface area contributed by atoms with Gasteiger partial charge >= 0.3 is 0 Å². The number of hydrogen-bond donors (Lipinski definition) is 1. The van der Waals surface area contributed by atoms with Crippen LogP contribution in [-0.2, 0) is 10.0 Å². The number of thioether (sulfide) groups is 1. The first-order valence-corrected chi connectivity index (χ1v) is 9.16. The average Bonchev–Trinajstić information content (AvgIpc) is 2.44. The first kappa shape index (κ1) is 18.5. The van der Waals surface area contributed by atoms with Crippen LogP contribution in [0.4, 0.5) is 0 Å². The van der Waals surface area contributed by atoms with Crippen LogP contribution < -0.4 is 14.3 Å². The maximum Gasteiger partial charge on any atom is 0.244 e. The molecule has 0 spiro atoms. The van der Waals surface area contributed by atoms with Crippen LogP contribution in [-0.4, -0.2) is 50.3 Å². The normalized spacial score (nSPS) is 13.4. The van der Waals surface area contributed by atoms with E-state index in [2.05, 4.69) is 19.9 Å². The minimum absolute atomic E-state index is 0.119. The van der Waals surface area contributed by atoms with Gasteiger partial charge in [-0.3, -0.25) is 0 Å². The molecule has 0 radical (unpaired) electrons. The van der Waals surface area contributed by atoms with Crippen LogP contribution in [0.15, 0.2) is 16.3 Å². The standard InChI is InChI=1S/C12H20N4O4S2/c1-8(2)9(7-13-16-22(5,17)18)21-12-14-10(19-3)6-11(15-12)20-4/h6-9,16H,1-5H3. The molecule has 124 valence electrons. The number of nitrogens with one attached hydrogen (secondary N) is 1. The van der Waals surface area contributed by atoms with Crippen molar-refractivity contribution in [1.29, 1.82) is 0 Å². The van der Waals surface area contributed by atoms with E-state index in [1.54, 1.807) is 6.07 Å². The van der Waals surface area contributed by atoms with Gasteiger partial charge in [-0.2, -0.15) is 15.1 Å². The Labute approximate surface area is 134 Å². The van der Waals surface area contributed by atoms with Gasteiger partial charge in [0.2, 0.25) is 21.8 Å². The van der Waals surface area contributed by atoms with Crippen LogP contribution in [0.5, 0.6) is 11.8 Å². The number of methoxy groups -OCH3 is 2. The fraction of sp³-hybridized carbons (Fsp3) is 0.583. The van der Waals surface area contributed by atoms with E-state index in [4.69, 9.17) is 9.47 Å². The van der Waals surface area contributed by atoms with Gasteiger partial charge < -0.3 is 9.47 Å². The molecule has 1 atom stereocenters. The summed E-state index contributed by atoms with van der Waals surface area (Å²) in [6.07, 6.45) is 2.56. The Morgan fingerprint density at radius 2 is 1.82 bits per heavy atom. The monoisotopic (exact) mass is 348 g/mol. The highest BCUT2D eigenvalue weighted by Crippen LogP contribution is 2.27. The molecule has 0 fully saturated rings. The smallest absolute Gasteiger partial charge is 0.244 e. The minimum Gasteiger partial charge on any atom is -0.481 e. The third-order valence-electron chi connectivity index (χ3n) is 2.42. The summed E-state index contributed by atoms with van der Waals surface area (Å²) < 4.78 is 32.2. The lowest BCUT2D eigenvalue weighted by atomic mass is 10.1. The van der Waals surface area contributed by atoms with Gasteiger partial charge in [-0.05, 0) is 5.92 Å². The highest BCUT2D eigenvalue weighted by molar-refractivity contribution is 8.00. The van der Waals surface area contributed by atoms with Crippen molar-refractivity contribution < 1.29 is 17.9 Å². The predicted octanol–water partition coefficient (Wildman–Crippen LogP) is 1.15. The lowest BCUT2D eigenvalue weighted by Crippen LogP contribution is -2.20. The largest absolute Gasteiger partial charge is 0.481 e. The summed E-state index contributed by atoms with van der Waals surface area (Å²) in [5.41, 5.74) is 0. The van der Waals surface area contributed by atoms with Crippen LogP contribution in [0.1, 0.15) is 13.8 Å². The molecule has 22 heavy (non-hydrogen) atoms. The SMILES string of the molecule is COc1cc(OC)nc(SC(C=NNS(C)(=O)=O)C(C)C)n1. The van der Waals surface area contributed by atoms with E-state index >= 15 is 0 Å². The Hall–Kier alpha value is -1.55. The van der Waals surface area contributed by atoms with Crippen molar-refractivity contribution in [2.75, 3.05) is 20.5 Å². The molecule has 0 bridgehead atoms. The van der Waals surface area contributed by atoms with Gasteiger partial charge in [0.05, 0.1) is 31.8 Å². The van der Waals surface area contributed by atoms with Crippen molar-refractivity contribution in [3.05, 3.63) is 6.07 Å².